The highest BCUT2D eigenvalue weighted by Gasteiger charge is 2.41. The van der Waals surface area contributed by atoms with Gasteiger partial charge in [0.15, 0.2) is 0 Å². The second-order valence-electron chi connectivity index (χ2n) is 14.9. The lowest BCUT2D eigenvalue weighted by molar-refractivity contribution is 0.652. The fourth-order valence-corrected chi connectivity index (χ4v) is 9.27. The molecule has 0 heteroatoms. The number of hydrogen-bond acceptors (Lipinski definition) is 0. The van der Waals surface area contributed by atoms with Gasteiger partial charge in [-0.25, -0.2) is 0 Å². The van der Waals surface area contributed by atoms with Crippen LogP contribution in [0.25, 0.3) is 76.8 Å². The molecule has 8 aromatic carbocycles. The first kappa shape index (κ1) is 27.6. The molecule has 0 bridgehead atoms. The molecule has 2 aliphatic carbocycles. The van der Waals surface area contributed by atoms with Crippen molar-refractivity contribution in [2.45, 2.75) is 38.5 Å². The fraction of sp³-hybridized carbons (Fsp3) is 0.125. The zero-order valence-corrected chi connectivity index (χ0v) is 27.9. The van der Waals surface area contributed by atoms with Crippen molar-refractivity contribution in [1.29, 1.82) is 0 Å². The average molecular weight is 613 g/mol. The molecule has 0 aliphatic heterocycles. The Morgan fingerprint density at radius 3 is 1.44 bits per heavy atom. The molecule has 0 heterocycles. The van der Waals surface area contributed by atoms with Crippen LogP contribution in [0.15, 0.2) is 146 Å². The van der Waals surface area contributed by atoms with Gasteiger partial charge in [-0.05, 0) is 117 Å². The third kappa shape index (κ3) is 3.55. The normalized spacial score (nSPS) is 15.0. The van der Waals surface area contributed by atoms with Crippen LogP contribution in [0.4, 0.5) is 0 Å². The van der Waals surface area contributed by atoms with Crippen LogP contribution in [0.3, 0.4) is 0 Å². The van der Waals surface area contributed by atoms with E-state index in [4.69, 9.17) is 0 Å². The van der Waals surface area contributed by atoms with Gasteiger partial charge >= 0.3 is 0 Å². The van der Waals surface area contributed by atoms with E-state index in [1.54, 1.807) is 0 Å². The summed E-state index contributed by atoms with van der Waals surface area (Å²) in [5, 5.41) is 7.73. The summed E-state index contributed by atoms with van der Waals surface area (Å²) in [5.41, 5.74) is 16.3. The fourth-order valence-electron chi connectivity index (χ4n) is 9.27. The van der Waals surface area contributed by atoms with E-state index in [-0.39, 0.29) is 10.8 Å². The Morgan fingerprint density at radius 1 is 0.312 bits per heavy atom. The number of hydrogen-bond donors (Lipinski definition) is 0. The molecule has 0 unspecified atom stereocenters. The first-order valence-corrected chi connectivity index (χ1v) is 17.2. The minimum absolute atomic E-state index is 0.0324. The molecule has 0 saturated carbocycles. The Morgan fingerprint density at radius 2 is 0.771 bits per heavy atom. The summed E-state index contributed by atoms with van der Waals surface area (Å²) in [6.45, 7) is 9.58. The predicted octanol–water partition coefficient (Wildman–Crippen LogP) is 13.1. The third-order valence-corrected chi connectivity index (χ3v) is 11.7. The molecule has 0 N–H and O–H groups in total. The van der Waals surface area contributed by atoms with E-state index in [1.165, 1.54) is 99.1 Å². The molecule has 0 atom stereocenters. The molecule has 0 amide bonds. The van der Waals surface area contributed by atoms with Gasteiger partial charge in [-0.15, -0.1) is 0 Å². The largest absolute Gasteiger partial charge is 0.0619 e. The summed E-state index contributed by atoms with van der Waals surface area (Å²) < 4.78 is 0. The molecule has 0 nitrogen and oxygen atoms in total. The topological polar surface area (TPSA) is 0 Å². The lowest BCUT2D eigenvalue weighted by Gasteiger charge is -2.24. The second-order valence-corrected chi connectivity index (χ2v) is 14.9. The molecule has 0 aromatic heterocycles. The smallest absolute Gasteiger partial charge is 0.0159 e. The molecule has 228 valence electrons. The molecule has 2 aliphatic rings. The minimum atomic E-state index is -0.0811. The molecular formula is C48H36. The van der Waals surface area contributed by atoms with Gasteiger partial charge in [0.25, 0.3) is 0 Å². The van der Waals surface area contributed by atoms with Crippen molar-refractivity contribution < 1.29 is 0 Å². The van der Waals surface area contributed by atoms with Gasteiger partial charge in [0.1, 0.15) is 0 Å². The molecule has 10 rings (SSSR count). The van der Waals surface area contributed by atoms with E-state index in [2.05, 4.69) is 173 Å². The van der Waals surface area contributed by atoms with Gasteiger partial charge < -0.3 is 0 Å². The van der Waals surface area contributed by atoms with Gasteiger partial charge in [0.2, 0.25) is 0 Å². The summed E-state index contributed by atoms with van der Waals surface area (Å²) in [6.07, 6.45) is 0. The van der Waals surface area contributed by atoms with Crippen molar-refractivity contribution in [2.24, 2.45) is 0 Å². The van der Waals surface area contributed by atoms with Crippen molar-refractivity contribution in [3.05, 3.63) is 168 Å². The highest BCUT2D eigenvalue weighted by Crippen LogP contribution is 2.57. The van der Waals surface area contributed by atoms with Crippen molar-refractivity contribution in [3.8, 4) is 44.5 Å². The van der Waals surface area contributed by atoms with Crippen LogP contribution in [0.2, 0.25) is 0 Å². The molecule has 48 heavy (non-hydrogen) atoms. The molecule has 0 saturated heterocycles. The Balaban J connectivity index is 1.25. The number of rotatable bonds is 2. The monoisotopic (exact) mass is 612 g/mol. The SMILES string of the molecule is CC1(C)c2ccccc2-c2cc3c(cc21)-c1cc(-c2c4ccccc4c(-c4cccc5ccccc45)c4ccccc24)ccc1C3(C)C. The Hall–Kier alpha value is -5.46. The molecule has 8 aromatic rings. The lowest BCUT2D eigenvalue weighted by Crippen LogP contribution is -2.16. The summed E-state index contributed by atoms with van der Waals surface area (Å²) >= 11 is 0. The molecule has 0 fully saturated rings. The Kier molecular flexibility index (Phi) is 5.50. The lowest BCUT2D eigenvalue weighted by atomic mass is 9.79. The van der Waals surface area contributed by atoms with Crippen LogP contribution >= 0.6 is 0 Å². The Bertz CT molecular complexity index is 2600. The molecule has 0 radical (unpaired) electrons. The molecule has 0 spiro atoms. The quantitative estimate of drug-likeness (QED) is 0.170. The minimum Gasteiger partial charge on any atom is -0.0619 e. The van der Waals surface area contributed by atoms with Gasteiger partial charge in [0.05, 0.1) is 0 Å². The van der Waals surface area contributed by atoms with Crippen LogP contribution in [0.5, 0.6) is 0 Å². The van der Waals surface area contributed by atoms with Crippen LogP contribution < -0.4 is 0 Å². The van der Waals surface area contributed by atoms with E-state index in [0.29, 0.717) is 0 Å². The van der Waals surface area contributed by atoms with Gasteiger partial charge in [-0.3, -0.25) is 0 Å². The standard InChI is InChI=1S/C48H36/c1-47(2)41-23-12-11-17-32(41)39-27-44-40(28-43(39)47)38-26-30(24-25-42(38)48(44,3)4)45-34-18-7-9-20-36(34)46(37-21-10-8-19-35(37)45)33-22-13-15-29-14-5-6-16-31(29)33/h5-28H,1-4H3. The highest BCUT2D eigenvalue weighted by atomic mass is 14.4. The van der Waals surface area contributed by atoms with Crippen molar-refractivity contribution >= 4 is 32.3 Å². The molecular weight excluding hydrogens is 577 g/mol. The Labute approximate surface area is 282 Å². The van der Waals surface area contributed by atoms with E-state index in [0.717, 1.165) is 0 Å². The van der Waals surface area contributed by atoms with E-state index < -0.39 is 0 Å². The van der Waals surface area contributed by atoms with Crippen LogP contribution in [0, 0.1) is 0 Å². The van der Waals surface area contributed by atoms with Crippen molar-refractivity contribution in [2.75, 3.05) is 0 Å². The predicted molar refractivity (Wildman–Crippen MR) is 205 cm³/mol. The second kappa shape index (κ2) is 9.55. The maximum Gasteiger partial charge on any atom is 0.0159 e. The third-order valence-electron chi connectivity index (χ3n) is 11.7. The zero-order chi connectivity index (χ0) is 32.4. The summed E-state index contributed by atoms with van der Waals surface area (Å²) in [4.78, 5) is 0. The summed E-state index contributed by atoms with van der Waals surface area (Å²) in [7, 11) is 0. The average Bonchev–Trinajstić information content (AvgIpc) is 3.48. The van der Waals surface area contributed by atoms with E-state index in [9.17, 15) is 0 Å². The van der Waals surface area contributed by atoms with Gasteiger partial charge in [0, 0.05) is 10.8 Å². The van der Waals surface area contributed by atoms with Crippen LogP contribution in [-0.2, 0) is 10.8 Å². The highest BCUT2D eigenvalue weighted by molar-refractivity contribution is 6.23. The first-order valence-electron chi connectivity index (χ1n) is 17.2. The van der Waals surface area contributed by atoms with Crippen LogP contribution in [-0.4, -0.2) is 0 Å². The van der Waals surface area contributed by atoms with E-state index >= 15 is 0 Å². The summed E-state index contributed by atoms with van der Waals surface area (Å²) in [5.74, 6) is 0. The van der Waals surface area contributed by atoms with Crippen molar-refractivity contribution in [3.63, 3.8) is 0 Å². The number of benzene rings is 8. The van der Waals surface area contributed by atoms with Gasteiger partial charge in [-0.1, -0.05) is 155 Å². The van der Waals surface area contributed by atoms with E-state index in [1.807, 2.05) is 0 Å². The first-order chi connectivity index (χ1) is 23.3. The number of fused-ring (bicyclic) bond motifs is 9. The summed E-state index contributed by atoms with van der Waals surface area (Å²) in [6, 6.07) is 54.9. The zero-order valence-electron chi connectivity index (χ0n) is 27.9. The van der Waals surface area contributed by atoms with Gasteiger partial charge in [-0.2, -0.15) is 0 Å². The maximum absolute atomic E-state index is 2.53. The maximum atomic E-state index is 2.53. The van der Waals surface area contributed by atoms with Crippen molar-refractivity contribution in [1.82, 2.24) is 0 Å². The van der Waals surface area contributed by atoms with Crippen LogP contribution in [0.1, 0.15) is 49.9 Å².